The normalized spacial score (nSPS) is 11.6. The van der Waals surface area contributed by atoms with Crippen molar-refractivity contribution in [1.29, 1.82) is 0 Å². The highest BCUT2D eigenvalue weighted by atomic mass is 16.3. The molecule has 84 valence electrons. The third-order valence-electron chi connectivity index (χ3n) is 3.32. The Morgan fingerprint density at radius 3 is 2.78 bits per heavy atom. The first-order valence-corrected chi connectivity index (χ1v) is 6.00. The lowest BCUT2D eigenvalue weighted by molar-refractivity contribution is 0.656. The number of hydrogen-bond acceptors (Lipinski definition) is 2. The van der Waals surface area contributed by atoms with E-state index in [4.69, 9.17) is 4.42 Å². The minimum Gasteiger partial charge on any atom is -0.438 e. The Morgan fingerprint density at radius 2 is 1.83 bits per heavy atom. The Kier molecular flexibility index (Phi) is 1.81. The Morgan fingerprint density at radius 1 is 0.944 bits per heavy atom. The molecular formula is C15H10BNO. The van der Waals surface area contributed by atoms with Crippen molar-refractivity contribution in [2.24, 2.45) is 0 Å². The fourth-order valence-electron chi connectivity index (χ4n) is 2.41. The number of hydrogen-bond donors (Lipinski definition) is 0. The van der Waals surface area contributed by atoms with Gasteiger partial charge in [-0.05, 0) is 18.2 Å². The molecule has 2 aromatic carbocycles. The predicted molar refractivity (Wildman–Crippen MR) is 77.2 cm³/mol. The van der Waals surface area contributed by atoms with Gasteiger partial charge in [0.1, 0.15) is 13.4 Å². The lowest BCUT2D eigenvalue weighted by atomic mass is 9.95. The highest BCUT2D eigenvalue weighted by Crippen LogP contribution is 2.29. The molecule has 0 spiro atoms. The van der Waals surface area contributed by atoms with Crippen LogP contribution in [0.4, 0.5) is 0 Å². The molecule has 0 unspecified atom stereocenters. The second-order valence-electron chi connectivity index (χ2n) is 4.64. The maximum Gasteiger partial charge on any atom is 0.227 e. The minimum atomic E-state index is 0.717. The zero-order chi connectivity index (χ0) is 12.1. The molecule has 18 heavy (non-hydrogen) atoms. The lowest BCUT2D eigenvalue weighted by Gasteiger charge is -1.95. The van der Waals surface area contributed by atoms with Crippen LogP contribution in [0, 0.1) is 0 Å². The summed E-state index contributed by atoms with van der Waals surface area (Å²) in [4.78, 5) is 4.58. The van der Waals surface area contributed by atoms with Gasteiger partial charge in [-0.25, -0.2) is 4.98 Å². The van der Waals surface area contributed by atoms with Crippen LogP contribution in [0.5, 0.6) is 0 Å². The van der Waals surface area contributed by atoms with E-state index in [0.717, 1.165) is 27.3 Å². The monoisotopic (exact) mass is 231 g/mol. The zero-order valence-electron chi connectivity index (χ0n) is 9.97. The summed E-state index contributed by atoms with van der Waals surface area (Å²) < 4.78 is 5.83. The van der Waals surface area contributed by atoms with Gasteiger partial charge in [0, 0.05) is 16.2 Å². The van der Waals surface area contributed by atoms with Gasteiger partial charge in [-0.2, -0.15) is 0 Å². The molecule has 0 aliphatic carbocycles. The molecule has 4 rings (SSSR count). The standard InChI is InChI=1S/C15H10BNO/c16-10-5-6-11-12-7-9-3-1-2-4-13(9)17-15(12)18-14(11)8-10/h1-8H,16H2. The Bertz CT molecular complexity index is 895. The molecule has 2 aromatic heterocycles. The SMILES string of the molecule is Bc1ccc2c(c1)oc1nc3ccccc3cc12. The van der Waals surface area contributed by atoms with E-state index in [1.807, 2.05) is 18.2 Å². The topological polar surface area (TPSA) is 26.0 Å². The van der Waals surface area contributed by atoms with Gasteiger partial charge in [0.25, 0.3) is 0 Å². The van der Waals surface area contributed by atoms with E-state index in [0.29, 0.717) is 5.71 Å². The first-order chi connectivity index (χ1) is 8.81. The first-order valence-electron chi connectivity index (χ1n) is 6.00. The van der Waals surface area contributed by atoms with Crippen molar-refractivity contribution in [3.8, 4) is 0 Å². The van der Waals surface area contributed by atoms with Crippen LogP contribution < -0.4 is 5.46 Å². The van der Waals surface area contributed by atoms with Crippen LogP contribution in [-0.2, 0) is 0 Å². The second-order valence-corrected chi connectivity index (χ2v) is 4.64. The number of benzene rings is 2. The van der Waals surface area contributed by atoms with E-state index in [9.17, 15) is 0 Å². The number of pyridine rings is 1. The summed E-state index contributed by atoms with van der Waals surface area (Å²) in [6, 6.07) is 16.5. The average molecular weight is 231 g/mol. The van der Waals surface area contributed by atoms with Gasteiger partial charge in [0.15, 0.2) is 0 Å². The van der Waals surface area contributed by atoms with Crippen LogP contribution in [-0.4, -0.2) is 12.8 Å². The molecule has 0 saturated heterocycles. The van der Waals surface area contributed by atoms with Crippen LogP contribution in [0.3, 0.4) is 0 Å². The molecule has 0 bridgehead atoms. The van der Waals surface area contributed by atoms with Gasteiger partial charge in [-0.3, -0.25) is 0 Å². The van der Waals surface area contributed by atoms with Crippen LogP contribution in [0.15, 0.2) is 52.9 Å². The molecule has 0 fully saturated rings. The summed E-state index contributed by atoms with van der Waals surface area (Å²) >= 11 is 0. The second kappa shape index (κ2) is 3.36. The van der Waals surface area contributed by atoms with Crippen molar-refractivity contribution in [2.75, 3.05) is 0 Å². The molecule has 2 nitrogen and oxygen atoms in total. The number of aromatic nitrogens is 1. The van der Waals surface area contributed by atoms with Gasteiger partial charge in [-0.1, -0.05) is 35.8 Å². The quantitative estimate of drug-likeness (QED) is 0.434. The third kappa shape index (κ3) is 1.27. The number of nitrogens with zero attached hydrogens (tertiary/aromatic N) is 1. The van der Waals surface area contributed by atoms with Crippen LogP contribution in [0.25, 0.3) is 33.0 Å². The summed E-state index contributed by atoms with van der Waals surface area (Å²) in [5.41, 5.74) is 3.80. The average Bonchev–Trinajstić information content (AvgIpc) is 2.72. The largest absolute Gasteiger partial charge is 0.438 e. The molecule has 0 aliphatic heterocycles. The fraction of sp³-hybridized carbons (Fsp3) is 0. The molecule has 2 heterocycles. The smallest absolute Gasteiger partial charge is 0.227 e. The van der Waals surface area contributed by atoms with Crippen LogP contribution in [0.2, 0.25) is 0 Å². The summed E-state index contributed by atoms with van der Waals surface area (Å²) in [6.45, 7) is 0. The molecule has 3 heteroatoms. The van der Waals surface area contributed by atoms with E-state index in [1.54, 1.807) is 0 Å². The summed E-state index contributed by atoms with van der Waals surface area (Å²) in [5, 5.41) is 3.37. The molecule has 0 radical (unpaired) electrons. The van der Waals surface area contributed by atoms with Crippen LogP contribution >= 0.6 is 0 Å². The molecule has 4 aromatic rings. The van der Waals surface area contributed by atoms with Gasteiger partial charge >= 0.3 is 0 Å². The van der Waals surface area contributed by atoms with Crippen molar-refractivity contribution in [2.45, 2.75) is 0 Å². The van der Waals surface area contributed by atoms with E-state index in [-0.39, 0.29) is 0 Å². The van der Waals surface area contributed by atoms with Crippen molar-refractivity contribution in [1.82, 2.24) is 4.98 Å². The predicted octanol–water partition coefficient (Wildman–Crippen LogP) is 2.39. The third-order valence-corrected chi connectivity index (χ3v) is 3.32. The number of fused-ring (bicyclic) bond motifs is 4. The molecule has 0 N–H and O–H groups in total. The Labute approximate surface area is 105 Å². The van der Waals surface area contributed by atoms with Gasteiger partial charge in [0.05, 0.1) is 5.52 Å². The van der Waals surface area contributed by atoms with Crippen molar-refractivity contribution < 1.29 is 4.42 Å². The number of para-hydroxylation sites is 1. The van der Waals surface area contributed by atoms with E-state index >= 15 is 0 Å². The number of furan rings is 1. The van der Waals surface area contributed by atoms with E-state index in [1.165, 1.54) is 5.46 Å². The number of rotatable bonds is 0. The molecule has 0 aliphatic rings. The summed E-state index contributed by atoms with van der Waals surface area (Å²) in [5.74, 6) is 0. The fourth-order valence-corrected chi connectivity index (χ4v) is 2.41. The summed E-state index contributed by atoms with van der Waals surface area (Å²) in [7, 11) is 2.07. The molecule has 0 atom stereocenters. The molecule has 0 amide bonds. The van der Waals surface area contributed by atoms with Crippen LogP contribution in [0.1, 0.15) is 0 Å². The van der Waals surface area contributed by atoms with Gasteiger partial charge < -0.3 is 4.42 Å². The van der Waals surface area contributed by atoms with Gasteiger partial charge in [0.2, 0.25) is 5.71 Å². The molecular weight excluding hydrogens is 221 g/mol. The van der Waals surface area contributed by atoms with E-state index < -0.39 is 0 Å². The minimum absolute atomic E-state index is 0.717. The Balaban J connectivity index is 2.23. The zero-order valence-corrected chi connectivity index (χ0v) is 9.97. The highest BCUT2D eigenvalue weighted by Gasteiger charge is 2.09. The van der Waals surface area contributed by atoms with E-state index in [2.05, 4.69) is 43.2 Å². The van der Waals surface area contributed by atoms with Gasteiger partial charge in [-0.15, -0.1) is 0 Å². The first kappa shape index (κ1) is 9.72. The maximum absolute atomic E-state index is 5.83. The molecule has 0 saturated carbocycles. The maximum atomic E-state index is 5.83. The highest BCUT2D eigenvalue weighted by molar-refractivity contribution is 6.33. The van der Waals surface area contributed by atoms with Crippen molar-refractivity contribution in [3.63, 3.8) is 0 Å². The van der Waals surface area contributed by atoms with Crippen molar-refractivity contribution in [3.05, 3.63) is 48.5 Å². The lowest BCUT2D eigenvalue weighted by Crippen LogP contribution is -1.98. The van der Waals surface area contributed by atoms with Crippen molar-refractivity contribution >= 4 is 46.3 Å². The summed E-state index contributed by atoms with van der Waals surface area (Å²) in [6.07, 6.45) is 0. The Hall–Kier alpha value is -2.29.